The topological polar surface area (TPSA) is 57.6 Å². The minimum atomic E-state index is -1.01. The Morgan fingerprint density at radius 3 is 2.78 bits per heavy atom. The van der Waals surface area contributed by atoms with Crippen molar-refractivity contribution in [1.29, 1.82) is 0 Å². The summed E-state index contributed by atoms with van der Waals surface area (Å²) in [7, 11) is 0. The zero-order valence-electron chi connectivity index (χ0n) is 9.80. The molecule has 0 unspecified atom stereocenters. The van der Waals surface area contributed by atoms with E-state index in [1.165, 1.54) is 4.90 Å². The lowest BCUT2D eigenvalue weighted by Gasteiger charge is -2.32. The molecular weight excluding hydrogens is 298 g/mol. The Bertz CT molecular complexity index is 475. The van der Waals surface area contributed by atoms with Crippen LogP contribution in [0, 0.1) is 0 Å². The quantitative estimate of drug-likeness (QED) is 0.853. The molecule has 1 heterocycles. The number of likely N-dealkylation sites (tertiary alicyclic amines) is 1. The Hall–Kier alpha value is -1.36. The third kappa shape index (κ3) is 2.72. The minimum absolute atomic E-state index is 0.113. The molecule has 18 heavy (non-hydrogen) atoms. The number of ketones is 1. The van der Waals surface area contributed by atoms with Crippen LogP contribution < -0.4 is 0 Å². The van der Waals surface area contributed by atoms with Gasteiger partial charge in [-0.15, -0.1) is 0 Å². The zero-order chi connectivity index (χ0) is 13.1. The lowest BCUT2D eigenvalue weighted by molar-refractivity contribution is 0.0714. The minimum Gasteiger partial charge on any atom is -0.465 e. The highest BCUT2D eigenvalue weighted by Gasteiger charge is 2.32. The Balaban J connectivity index is 2.23. The largest absolute Gasteiger partial charge is 0.465 e. The Kier molecular flexibility index (Phi) is 4.01. The Labute approximate surface area is 114 Å². The molecule has 1 aliphatic heterocycles. The number of carboxylic acid groups (broad SMARTS) is 1. The molecule has 1 saturated heterocycles. The molecule has 0 aliphatic carbocycles. The maximum absolute atomic E-state index is 12.3. The SMILES string of the molecule is O=C(c1cccc(Br)c1)[C@@H]1CCCCN1C(=O)O. The predicted octanol–water partition coefficient (Wildman–Crippen LogP) is 3.16. The summed E-state index contributed by atoms with van der Waals surface area (Å²) in [6.45, 7) is 0.444. The van der Waals surface area contributed by atoms with E-state index in [-0.39, 0.29) is 5.78 Å². The van der Waals surface area contributed by atoms with Gasteiger partial charge in [-0.05, 0) is 31.4 Å². The predicted molar refractivity (Wildman–Crippen MR) is 70.8 cm³/mol. The second kappa shape index (κ2) is 5.52. The van der Waals surface area contributed by atoms with Gasteiger partial charge < -0.3 is 5.11 Å². The molecule has 0 bridgehead atoms. The van der Waals surface area contributed by atoms with E-state index in [1.807, 2.05) is 6.07 Å². The summed E-state index contributed by atoms with van der Waals surface area (Å²) in [6, 6.07) is 6.54. The number of hydrogen-bond acceptors (Lipinski definition) is 2. The number of Topliss-reactive ketones (excluding diaryl/α,β-unsaturated/α-hetero) is 1. The summed E-state index contributed by atoms with van der Waals surface area (Å²) in [5.41, 5.74) is 0.558. The highest BCUT2D eigenvalue weighted by atomic mass is 79.9. The Morgan fingerprint density at radius 1 is 1.33 bits per heavy atom. The van der Waals surface area contributed by atoms with Crippen LogP contribution in [0.2, 0.25) is 0 Å². The van der Waals surface area contributed by atoms with Gasteiger partial charge in [-0.3, -0.25) is 9.69 Å². The summed E-state index contributed by atoms with van der Waals surface area (Å²) in [4.78, 5) is 24.7. The van der Waals surface area contributed by atoms with Crippen LogP contribution in [0.5, 0.6) is 0 Å². The summed E-state index contributed by atoms with van der Waals surface area (Å²) < 4.78 is 0.825. The van der Waals surface area contributed by atoms with Crippen LogP contribution in [0.1, 0.15) is 29.6 Å². The first-order chi connectivity index (χ1) is 8.59. The van der Waals surface area contributed by atoms with Crippen LogP contribution in [0.25, 0.3) is 0 Å². The average molecular weight is 312 g/mol. The first kappa shape index (κ1) is 13.1. The van der Waals surface area contributed by atoms with Crippen molar-refractivity contribution >= 4 is 27.8 Å². The van der Waals surface area contributed by atoms with Crippen molar-refractivity contribution in [2.24, 2.45) is 0 Å². The number of nitrogens with zero attached hydrogens (tertiary/aromatic N) is 1. The van der Waals surface area contributed by atoms with Crippen LogP contribution in [-0.4, -0.2) is 34.5 Å². The van der Waals surface area contributed by atoms with Gasteiger partial charge in [0.05, 0.1) is 6.04 Å². The third-order valence-corrected chi connectivity index (χ3v) is 3.65. The monoisotopic (exact) mass is 311 g/mol. The average Bonchev–Trinajstić information content (AvgIpc) is 2.38. The van der Waals surface area contributed by atoms with E-state index in [0.717, 1.165) is 17.3 Å². The van der Waals surface area contributed by atoms with Crippen LogP contribution >= 0.6 is 15.9 Å². The molecule has 1 aliphatic rings. The van der Waals surface area contributed by atoms with Gasteiger partial charge in [0, 0.05) is 16.6 Å². The molecule has 0 spiro atoms. The van der Waals surface area contributed by atoms with Crippen molar-refractivity contribution in [2.45, 2.75) is 25.3 Å². The molecule has 5 heteroatoms. The van der Waals surface area contributed by atoms with Gasteiger partial charge >= 0.3 is 6.09 Å². The zero-order valence-corrected chi connectivity index (χ0v) is 11.4. The molecule has 1 atom stereocenters. The maximum Gasteiger partial charge on any atom is 0.407 e. The molecule has 0 saturated carbocycles. The fraction of sp³-hybridized carbons (Fsp3) is 0.385. The van der Waals surface area contributed by atoms with Crippen molar-refractivity contribution < 1.29 is 14.7 Å². The fourth-order valence-corrected chi connectivity index (χ4v) is 2.67. The van der Waals surface area contributed by atoms with E-state index in [1.54, 1.807) is 18.2 Å². The highest BCUT2D eigenvalue weighted by molar-refractivity contribution is 9.10. The van der Waals surface area contributed by atoms with Gasteiger partial charge in [0.15, 0.2) is 5.78 Å². The van der Waals surface area contributed by atoms with Crippen LogP contribution in [0.15, 0.2) is 28.7 Å². The van der Waals surface area contributed by atoms with Gasteiger partial charge in [0.2, 0.25) is 0 Å². The van der Waals surface area contributed by atoms with E-state index in [4.69, 9.17) is 5.11 Å². The Morgan fingerprint density at radius 2 is 2.11 bits per heavy atom. The summed E-state index contributed by atoms with van der Waals surface area (Å²) in [5.74, 6) is -0.113. The first-order valence-corrected chi connectivity index (χ1v) is 6.68. The van der Waals surface area contributed by atoms with Crippen LogP contribution in [0.4, 0.5) is 4.79 Å². The van der Waals surface area contributed by atoms with Crippen molar-refractivity contribution in [2.75, 3.05) is 6.54 Å². The lowest BCUT2D eigenvalue weighted by Crippen LogP contribution is -2.47. The van der Waals surface area contributed by atoms with Gasteiger partial charge in [0.1, 0.15) is 0 Å². The second-order valence-electron chi connectivity index (χ2n) is 4.36. The fourth-order valence-electron chi connectivity index (χ4n) is 2.27. The number of piperidine rings is 1. The molecule has 0 aromatic heterocycles. The number of carbonyl (C=O) groups excluding carboxylic acids is 1. The van der Waals surface area contributed by atoms with Crippen molar-refractivity contribution in [3.8, 4) is 0 Å². The number of benzene rings is 1. The first-order valence-electron chi connectivity index (χ1n) is 5.89. The molecule has 1 fully saturated rings. The molecule has 1 aromatic rings. The summed E-state index contributed by atoms with van der Waals surface area (Å²) in [6.07, 6.45) is 1.32. The van der Waals surface area contributed by atoms with Crippen molar-refractivity contribution in [1.82, 2.24) is 4.90 Å². The number of carbonyl (C=O) groups is 2. The number of amides is 1. The smallest absolute Gasteiger partial charge is 0.407 e. The summed E-state index contributed by atoms with van der Waals surface area (Å²) >= 11 is 3.32. The van der Waals surface area contributed by atoms with Gasteiger partial charge in [-0.2, -0.15) is 0 Å². The van der Waals surface area contributed by atoms with Gasteiger partial charge in [-0.25, -0.2) is 4.79 Å². The van der Waals surface area contributed by atoms with Crippen molar-refractivity contribution in [3.05, 3.63) is 34.3 Å². The van der Waals surface area contributed by atoms with Gasteiger partial charge in [0.25, 0.3) is 0 Å². The van der Waals surface area contributed by atoms with Crippen molar-refractivity contribution in [3.63, 3.8) is 0 Å². The molecule has 1 aromatic carbocycles. The molecule has 1 N–H and O–H groups in total. The van der Waals surface area contributed by atoms with E-state index in [2.05, 4.69) is 15.9 Å². The number of hydrogen-bond donors (Lipinski definition) is 1. The number of rotatable bonds is 2. The molecule has 96 valence electrons. The molecule has 2 rings (SSSR count). The molecule has 1 amide bonds. The summed E-state index contributed by atoms with van der Waals surface area (Å²) in [5, 5.41) is 9.12. The van der Waals surface area contributed by atoms with E-state index in [0.29, 0.717) is 18.5 Å². The highest BCUT2D eigenvalue weighted by Crippen LogP contribution is 2.22. The van der Waals surface area contributed by atoms with E-state index < -0.39 is 12.1 Å². The van der Waals surface area contributed by atoms with Crippen LogP contribution in [-0.2, 0) is 0 Å². The molecule has 0 radical (unpaired) electrons. The van der Waals surface area contributed by atoms with Gasteiger partial charge in [-0.1, -0.05) is 28.1 Å². The second-order valence-corrected chi connectivity index (χ2v) is 5.28. The van der Waals surface area contributed by atoms with Crippen LogP contribution in [0.3, 0.4) is 0 Å². The third-order valence-electron chi connectivity index (χ3n) is 3.16. The van der Waals surface area contributed by atoms with E-state index in [9.17, 15) is 9.59 Å². The maximum atomic E-state index is 12.3. The molecule has 4 nitrogen and oxygen atoms in total. The lowest BCUT2D eigenvalue weighted by atomic mass is 9.95. The normalized spacial score (nSPS) is 19.6. The van der Waals surface area contributed by atoms with E-state index >= 15 is 0 Å². The number of halogens is 1. The molecular formula is C13H14BrNO3. The standard InChI is InChI=1S/C13H14BrNO3/c14-10-5-3-4-9(8-10)12(16)11-6-1-2-7-15(11)13(17)18/h3-5,8,11H,1-2,6-7H2,(H,17,18)/t11-/m0/s1.